The predicted octanol–water partition coefficient (Wildman–Crippen LogP) is 3.01. The monoisotopic (exact) mass is 368 g/mol. The van der Waals surface area contributed by atoms with E-state index in [1.807, 2.05) is 11.1 Å². The van der Waals surface area contributed by atoms with Gasteiger partial charge < -0.3 is 10.2 Å². The first-order valence-electron chi connectivity index (χ1n) is 9.67. The quantitative estimate of drug-likeness (QED) is 0.770. The average Bonchev–Trinajstić information content (AvgIpc) is 3.15. The number of nitrogens with one attached hydrogen (secondary N) is 2. The van der Waals surface area contributed by atoms with Crippen molar-refractivity contribution in [2.75, 3.05) is 19.6 Å². The standard InChI is InChI=1S/C21H28N4O2/c1-15-7-9-17(10-8-15)19-13-23-24-21(19)18-5-4-12-25(14-18)20(27)6-3-11-22-16(2)26/h7-10,13,18H,3-6,11-12,14H2,1-2H3,(H,22,26)(H,23,24)/t18-/m1/s1. The molecule has 2 heterocycles. The Morgan fingerprint density at radius 3 is 2.81 bits per heavy atom. The van der Waals surface area contributed by atoms with Gasteiger partial charge in [-0.2, -0.15) is 5.10 Å². The van der Waals surface area contributed by atoms with Crippen LogP contribution in [0.4, 0.5) is 0 Å². The maximum atomic E-state index is 12.5. The molecule has 0 radical (unpaired) electrons. The Morgan fingerprint density at radius 1 is 1.30 bits per heavy atom. The minimum Gasteiger partial charge on any atom is -0.356 e. The van der Waals surface area contributed by atoms with E-state index in [9.17, 15) is 9.59 Å². The first-order chi connectivity index (χ1) is 13.0. The van der Waals surface area contributed by atoms with Crippen LogP contribution in [0.5, 0.6) is 0 Å². The van der Waals surface area contributed by atoms with Crippen LogP contribution in [0.3, 0.4) is 0 Å². The van der Waals surface area contributed by atoms with Crippen LogP contribution >= 0.6 is 0 Å². The van der Waals surface area contributed by atoms with Crippen LogP contribution in [0, 0.1) is 6.92 Å². The van der Waals surface area contributed by atoms with E-state index in [4.69, 9.17) is 0 Å². The van der Waals surface area contributed by atoms with Crippen LogP contribution in [0.2, 0.25) is 0 Å². The van der Waals surface area contributed by atoms with Gasteiger partial charge in [0.15, 0.2) is 0 Å². The third-order valence-corrected chi connectivity index (χ3v) is 5.16. The second-order valence-corrected chi connectivity index (χ2v) is 7.33. The highest BCUT2D eigenvalue weighted by Gasteiger charge is 2.27. The van der Waals surface area contributed by atoms with Crippen LogP contribution in [-0.2, 0) is 9.59 Å². The summed E-state index contributed by atoms with van der Waals surface area (Å²) in [4.78, 5) is 25.4. The number of carbonyl (C=O) groups is 2. The van der Waals surface area contributed by atoms with Crippen molar-refractivity contribution < 1.29 is 9.59 Å². The summed E-state index contributed by atoms with van der Waals surface area (Å²) in [5, 5.41) is 10.2. The molecule has 6 nitrogen and oxygen atoms in total. The smallest absolute Gasteiger partial charge is 0.222 e. The van der Waals surface area contributed by atoms with Crippen LogP contribution < -0.4 is 5.32 Å². The molecule has 144 valence electrons. The molecule has 1 fully saturated rings. The molecular formula is C21H28N4O2. The van der Waals surface area contributed by atoms with Gasteiger partial charge in [-0.25, -0.2) is 0 Å². The lowest BCUT2D eigenvalue weighted by Gasteiger charge is -2.33. The van der Waals surface area contributed by atoms with Crippen molar-refractivity contribution in [2.45, 2.75) is 45.4 Å². The molecule has 1 aromatic carbocycles. The lowest BCUT2D eigenvalue weighted by atomic mass is 9.90. The zero-order valence-electron chi connectivity index (χ0n) is 16.1. The van der Waals surface area contributed by atoms with Gasteiger partial charge in [0.2, 0.25) is 11.8 Å². The number of aromatic nitrogens is 2. The normalized spacial score (nSPS) is 17.0. The van der Waals surface area contributed by atoms with E-state index in [0.29, 0.717) is 19.4 Å². The summed E-state index contributed by atoms with van der Waals surface area (Å²) in [5.41, 5.74) is 4.63. The van der Waals surface area contributed by atoms with Gasteiger partial charge >= 0.3 is 0 Å². The van der Waals surface area contributed by atoms with Crippen molar-refractivity contribution in [3.63, 3.8) is 0 Å². The Kier molecular flexibility index (Phi) is 6.27. The SMILES string of the molecule is CC(=O)NCCCC(=O)N1CCC[C@@H](c2[nH]ncc2-c2ccc(C)cc2)C1. The van der Waals surface area contributed by atoms with Gasteiger partial charge in [-0.1, -0.05) is 29.8 Å². The second-order valence-electron chi connectivity index (χ2n) is 7.33. The van der Waals surface area contributed by atoms with Crippen LogP contribution in [0.15, 0.2) is 30.5 Å². The number of benzene rings is 1. The Hall–Kier alpha value is -2.63. The van der Waals surface area contributed by atoms with Crippen molar-refractivity contribution >= 4 is 11.8 Å². The number of aryl methyl sites for hydroxylation is 1. The molecule has 3 rings (SSSR count). The highest BCUT2D eigenvalue weighted by atomic mass is 16.2. The molecule has 0 saturated carbocycles. The molecular weight excluding hydrogens is 340 g/mol. The summed E-state index contributed by atoms with van der Waals surface area (Å²) in [6.45, 7) is 5.66. The van der Waals surface area contributed by atoms with Gasteiger partial charge in [0.25, 0.3) is 0 Å². The van der Waals surface area contributed by atoms with Crippen LogP contribution in [-0.4, -0.2) is 46.5 Å². The number of H-pyrrole nitrogens is 1. The molecule has 1 saturated heterocycles. The fraction of sp³-hybridized carbons (Fsp3) is 0.476. The van der Waals surface area contributed by atoms with Crippen molar-refractivity contribution in [1.82, 2.24) is 20.4 Å². The fourth-order valence-electron chi connectivity index (χ4n) is 3.67. The van der Waals surface area contributed by atoms with Crippen molar-refractivity contribution in [3.8, 4) is 11.1 Å². The molecule has 27 heavy (non-hydrogen) atoms. The largest absolute Gasteiger partial charge is 0.356 e. The van der Waals surface area contributed by atoms with E-state index in [1.165, 1.54) is 12.5 Å². The molecule has 1 aliphatic rings. The molecule has 1 aromatic heterocycles. The Morgan fingerprint density at radius 2 is 2.07 bits per heavy atom. The van der Waals surface area contributed by atoms with E-state index in [2.05, 4.69) is 46.7 Å². The zero-order valence-corrected chi connectivity index (χ0v) is 16.1. The zero-order chi connectivity index (χ0) is 19.2. The number of likely N-dealkylation sites (tertiary alicyclic amines) is 1. The number of amides is 2. The summed E-state index contributed by atoms with van der Waals surface area (Å²) < 4.78 is 0. The molecule has 0 spiro atoms. The van der Waals surface area contributed by atoms with Gasteiger partial charge in [-0.05, 0) is 31.7 Å². The Balaban J connectivity index is 1.63. The van der Waals surface area contributed by atoms with Crippen LogP contribution in [0.1, 0.15) is 49.8 Å². The number of piperidine rings is 1. The third-order valence-electron chi connectivity index (χ3n) is 5.16. The number of rotatable bonds is 6. The van der Waals surface area contributed by atoms with E-state index in [0.717, 1.165) is 42.8 Å². The van der Waals surface area contributed by atoms with Gasteiger partial charge in [-0.3, -0.25) is 14.7 Å². The summed E-state index contributed by atoms with van der Waals surface area (Å²) >= 11 is 0. The number of carbonyl (C=O) groups excluding carboxylic acids is 2. The van der Waals surface area contributed by atoms with Gasteiger partial charge in [0.1, 0.15) is 0 Å². The minimum absolute atomic E-state index is 0.0524. The Bertz CT molecular complexity index is 782. The lowest BCUT2D eigenvalue weighted by Crippen LogP contribution is -2.39. The van der Waals surface area contributed by atoms with E-state index in [1.54, 1.807) is 0 Å². The number of aromatic amines is 1. The average molecular weight is 368 g/mol. The summed E-state index contributed by atoms with van der Waals surface area (Å²) in [7, 11) is 0. The maximum Gasteiger partial charge on any atom is 0.222 e. The van der Waals surface area contributed by atoms with Crippen molar-refractivity contribution in [1.29, 1.82) is 0 Å². The maximum absolute atomic E-state index is 12.5. The van der Waals surface area contributed by atoms with E-state index < -0.39 is 0 Å². The lowest BCUT2D eigenvalue weighted by molar-refractivity contribution is -0.132. The number of nitrogens with zero attached hydrogens (tertiary/aromatic N) is 2. The minimum atomic E-state index is -0.0524. The third kappa shape index (κ3) is 4.96. The first kappa shape index (κ1) is 19.1. The molecule has 0 aliphatic carbocycles. The van der Waals surface area contributed by atoms with Crippen molar-refractivity contribution in [2.24, 2.45) is 0 Å². The van der Waals surface area contributed by atoms with Gasteiger partial charge in [0.05, 0.1) is 6.20 Å². The van der Waals surface area contributed by atoms with E-state index in [-0.39, 0.29) is 17.7 Å². The van der Waals surface area contributed by atoms with Gasteiger partial charge in [0, 0.05) is 50.2 Å². The number of hydrogen-bond donors (Lipinski definition) is 2. The predicted molar refractivity (Wildman–Crippen MR) is 105 cm³/mol. The molecule has 2 N–H and O–H groups in total. The highest BCUT2D eigenvalue weighted by Crippen LogP contribution is 2.33. The second kappa shape index (κ2) is 8.84. The Labute approximate surface area is 160 Å². The molecule has 1 aliphatic heterocycles. The van der Waals surface area contributed by atoms with Crippen molar-refractivity contribution in [3.05, 3.63) is 41.7 Å². The summed E-state index contributed by atoms with van der Waals surface area (Å²) in [5.74, 6) is 0.390. The summed E-state index contributed by atoms with van der Waals surface area (Å²) in [6, 6.07) is 8.46. The molecule has 6 heteroatoms. The highest BCUT2D eigenvalue weighted by molar-refractivity contribution is 5.77. The first-order valence-corrected chi connectivity index (χ1v) is 9.67. The fourth-order valence-corrected chi connectivity index (χ4v) is 3.67. The molecule has 1 atom stereocenters. The molecule has 0 bridgehead atoms. The molecule has 2 aromatic rings. The topological polar surface area (TPSA) is 78.1 Å². The molecule has 0 unspecified atom stereocenters. The summed E-state index contributed by atoms with van der Waals surface area (Å²) in [6.07, 6.45) is 5.08. The van der Waals surface area contributed by atoms with E-state index >= 15 is 0 Å². The van der Waals surface area contributed by atoms with Gasteiger partial charge in [-0.15, -0.1) is 0 Å². The van der Waals surface area contributed by atoms with Crippen LogP contribution in [0.25, 0.3) is 11.1 Å². The number of hydrogen-bond acceptors (Lipinski definition) is 3. The molecule has 2 amide bonds.